The van der Waals surface area contributed by atoms with E-state index >= 15 is 0 Å². The van der Waals surface area contributed by atoms with Gasteiger partial charge in [0, 0.05) is 12.5 Å². The van der Waals surface area contributed by atoms with E-state index in [0.29, 0.717) is 6.42 Å². The molecule has 0 saturated carbocycles. The van der Waals surface area contributed by atoms with E-state index in [0.717, 1.165) is 17.7 Å². The summed E-state index contributed by atoms with van der Waals surface area (Å²) in [6, 6.07) is 6.71. The molecule has 0 heterocycles. The fraction of sp³-hybridized carbons (Fsp3) is 0.471. The minimum Gasteiger partial charge on any atom is -0.497 e. The summed E-state index contributed by atoms with van der Waals surface area (Å²) in [7, 11) is 1.58. The summed E-state index contributed by atoms with van der Waals surface area (Å²) >= 11 is 0. The van der Waals surface area contributed by atoms with Crippen LogP contribution in [0, 0.1) is 0 Å². The van der Waals surface area contributed by atoms with E-state index in [2.05, 4.69) is 10.6 Å². The zero-order chi connectivity index (χ0) is 17.9. The van der Waals surface area contributed by atoms with Crippen LogP contribution in [0.3, 0.4) is 0 Å². The van der Waals surface area contributed by atoms with Gasteiger partial charge in [0.25, 0.3) is 5.91 Å². The third-order valence-corrected chi connectivity index (χ3v) is 3.38. The molecule has 1 aromatic rings. The lowest BCUT2D eigenvalue weighted by Gasteiger charge is -2.11. The molecule has 132 valence electrons. The van der Waals surface area contributed by atoms with Gasteiger partial charge in [-0.15, -0.1) is 0 Å². The molecule has 1 aromatic carbocycles. The van der Waals surface area contributed by atoms with Crippen molar-refractivity contribution < 1.29 is 23.9 Å². The first-order valence-corrected chi connectivity index (χ1v) is 7.83. The Kier molecular flexibility index (Phi) is 8.32. The number of rotatable bonds is 8. The molecule has 0 aliphatic rings. The summed E-state index contributed by atoms with van der Waals surface area (Å²) in [6.45, 7) is 3.26. The summed E-state index contributed by atoms with van der Waals surface area (Å²) in [5.74, 6) is -0.412. The van der Waals surface area contributed by atoms with Gasteiger partial charge >= 0.3 is 12.0 Å². The van der Waals surface area contributed by atoms with Crippen LogP contribution in [-0.4, -0.2) is 37.7 Å². The molecule has 0 saturated heterocycles. The quantitative estimate of drug-likeness (QED) is 0.706. The second kappa shape index (κ2) is 10.3. The first-order valence-electron chi connectivity index (χ1n) is 7.83. The number of carbonyl (C=O) groups is 3. The van der Waals surface area contributed by atoms with Crippen LogP contribution in [0.5, 0.6) is 5.75 Å². The zero-order valence-electron chi connectivity index (χ0n) is 14.3. The topological polar surface area (TPSA) is 93.7 Å². The monoisotopic (exact) mass is 336 g/mol. The summed E-state index contributed by atoms with van der Waals surface area (Å²) < 4.78 is 9.90. The van der Waals surface area contributed by atoms with Gasteiger partial charge in [0.05, 0.1) is 7.11 Å². The largest absolute Gasteiger partial charge is 0.497 e. The molecule has 2 N–H and O–H groups in total. The molecule has 1 atom stereocenters. The molecule has 0 spiro atoms. The molecule has 0 aromatic heterocycles. The van der Waals surface area contributed by atoms with Crippen molar-refractivity contribution in [3.63, 3.8) is 0 Å². The maximum absolute atomic E-state index is 11.6. The Morgan fingerprint density at radius 2 is 1.83 bits per heavy atom. The van der Waals surface area contributed by atoms with Crippen LogP contribution in [0.15, 0.2) is 24.3 Å². The Morgan fingerprint density at radius 1 is 1.17 bits per heavy atom. The number of aryl methyl sites for hydroxylation is 1. The van der Waals surface area contributed by atoms with Crippen LogP contribution in [0.25, 0.3) is 0 Å². The molecular formula is C17H24N2O5. The van der Waals surface area contributed by atoms with Crippen LogP contribution < -0.4 is 15.4 Å². The number of imide groups is 1. The molecule has 0 fully saturated rings. The number of ether oxygens (including phenoxy) is 2. The molecule has 0 aliphatic heterocycles. The highest BCUT2D eigenvalue weighted by molar-refractivity contribution is 5.95. The first-order chi connectivity index (χ1) is 11.4. The van der Waals surface area contributed by atoms with Crippen molar-refractivity contribution in [2.24, 2.45) is 0 Å². The molecule has 7 nitrogen and oxygen atoms in total. The smallest absolute Gasteiger partial charge is 0.321 e. The average molecular weight is 336 g/mol. The number of esters is 1. The van der Waals surface area contributed by atoms with Gasteiger partial charge in [-0.25, -0.2) is 4.79 Å². The fourth-order valence-corrected chi connectivity index (χ4v) is 1.78. The Bertz CT molecular complexity index is 557. The van der Waals surface area contributed by atoms with Gasteiger partial charge in [0.2, 0.25) is 0 Å². The molecule has 24 heavy (non-hydrogen) atoms. The lowest BCUT2D eigenvalue weighted by atomic mass is 10.1. The van der Waals surface area contributed by atoms with Gasteiger partial charge in [0.15, 0.2) is 6.61 Å². The highest BCUT2D eigenvalue weighted by Gasteiger charge is 2.12. The number of amides is 3. The normalized spacial score (nSPS) is 11.3. The number of methoxy groups -OCH3 is 1. The highest BCUT2D eigenvalue weighted by Crippen LogP contribution is 2.12. The maximum Gasteiger partial charge on any atom is 0.321 e. The van der Waals surface area contributed by atoms with Gasteiger partial charge in [-0.05, 0) is 37.5 Å². The van der Waals surface area contributed by atoms with Crippen molar-refractivity contribution in [3.05, 3.63) is 29.8 Å². The molecule has 0 unspecified atom stereocenters. The summed E-state index contributed by atoms with van der Waals surface area (Å²) in [5, 5.41) is 4.69. The van der Waals surface area contributed by atoms with Gasteiger partial charge < -0.3 is 14.8 Å². The lowest BCUT2D eigenvalue weighted by Crippen LogP contribution is -2.44. The van der Waals surface area contributed by atoms with Gasteiger partial charge in [-0.3, -0.25) is 14.9 Å². The Morgan fingerprint density at radius 3 is 2.42 bits per heavy atom. The molecule has 1 rings (SSSR count). The number of nitrogens with one attached hydrogen (secondary N) is 2. The Hall–Kier alpha value is -2.57. The summed E-state index contributed by atoms with van der Waals surface area (Å²) in [6.07, 6.45) is 1.40. The number of urea groups is 1. The highest BCUT2D eigenvalue weighted by atomic mass is 16.5. The maximum atomic E-state index is 11.6. The van der Waals surface area contributed by atoms with Crippen LogP contribution >= 0.6 is 0 Å². The fourth-order valence-electron chi connectivity index (χ4n) is 1.78. The first kappa shape index (κ1) is 19.5. The van der Waals surface area contributed by atoms with Crippen LogP contribution in [0.2, 0.25) is 0 Å². The number of hydrogen-bond acceptors (Lipinski definition) is 5. The molecular weight excluding hydrogens is 312 g/mol. The van der Waals surface area contributed by atoms with E-state index in [1.807, 2.05) is 38.1 Å². The zero-order valence-corrected chi connectivity index (χ0v) is 14.3. The number of benzene rings is 1. The van der Waals surface area contributed by atoms with Crippen LogP contribution in [-0.2, 0) is 20.7 Å². The van der Waals surface area contributed by atoms with Crippen molar-refractivity contribution in [2.75, 3.05) is 13.7 Å². The van der Waals surface area contributed by atoms with E-state index in [4.69, 9.17) is 9.47 Å². The van der Waals surface area contributed by atoms with Crippen molar-refractivity contribution in [2.45, 2.75) is 39.2 Å². The Balaban J connectivity index is 2.25. The average Bonchev–Trinajstić information content (AvgIpc) is 2.58. The third kappa shape index (κ3) is 7.62. The second-order valence-corrected chi connectivity index (χ2v) is 5.34. The van der Waals surface area contributed by atoms with E-state index in [1.165, 1.54) is 0 Å². The minimum atomic E-state index is -0.659. The van der Waals surface area contributed by atoms with Crippen molar-refractivity contribution in [1.29, 1.82) is 0 Å². The second-order valence-electron chi connectivity index (χ2n) is 5.34. The number of hydrogen-bond donors (Lipinski definition) is 2. The Labute approximate surface area is 141 Å². The minimum absolute atomic E-state index is 0.0372. The SMILES string of the molecule is CC[C@@H](C)NC(=O)NC(=O)COC(=O)CCc1ccc(OC)cc1. The number of carbonyl (C=O) groups excluding carboxylic acids is 3. The van der Waals surface area contributed by atoms with E-state index in [1.54, 1.807) is 7.11 Å². The standard InChI is InChI=1S/C17H24N2O5/c1-4-12(2)18-17(22)19-15(20)11-24-16(21)10-7-13-5-8-14(23-3)9-6-13/h5-6,8-9,12H,4,7,10-11H2,1-3H3,(H2,18,19,20,22)/t12-/m1/s1. The molecule has 3 amide bonds. The van der Waals surface area contributed by atoms with E-state index in [-0.39, 0.29) is 12.5 Å². The van der Waals surface area contributed by atoms with Gasteiger partial charge in [-0.1, -0.05) is 19.1 Å². The van der Waals surface area contributed by atoms with Crippen molar-refractivity contribution in [1.82, 2.24) is 10.6 Å². The molecule has 0 radical (unpaired) electrons. The van der Waals surface area contributed by atoms with Crippen LogP contribution in [0.4, 0.5) is 4.79 Å². The van der Waals surface area contributed by atoms with Gasteiger partial charge in [-0.2, -0.15) is 0 Å². The molecule has 7 heteroatoms. The van der Waals surface area contributed by atoms with Gasteiger partial charge in [0.1, 0.15) is 5.75 Å². The van der Waals surface area contributed by atoms with Crippen molar-refractivity contribution in [3.8, 4) is 5.75 Å². The van der Waals surface area contributed by atoms with E-state index < -0.39 is 24.5 Å². The lowest BCUT2D eigenvalue weighted by molar-refractivity contribution is -0.148. The van der Waals surface area contributed by atoms with E-state index in [9.17, 15) is 14.4 Å². The predicted molar refractivity (Wildman–Crippen MR) is 88.7 cm³/mol. The summed E-state index contributed by atoms with van der Waals surface area (Å²) in [5.41, 5.74) is 0.963. The van der Waals surface area contributed by atoms with Crippen molar-refractivity contribution >= 4 is 17.9 Å². The third-order valence-electron chi connectivity index (χ3n) is 3.38. The summed E-state index contributed by atoms with van der Waals surface area (Å²) in [4.78, 5) is 34.6. The molecule has 0 aliphatic carbocycles. The predicted octanol–water partition coefficient (Wildman–Crippen LogP) is 1.80. The molecule has 0 bridgehead atoms. The van der Waals surface area contributed by atoms with Crippen LogP contribution in [0.1, 0.15) is 32.3 Å².